The van der Waals surface area contributed by atoms with E-state index >= 15 is 0 Å². The monoisotopic (exact) mass is 390 g/mol. The molecule has 2 heterocycles. The molecule has 9 heteroatoms. The predicted molar refractivity (Wildman–Crippen MR) is 109 cm³/mol. The average molecular weight is 390 g/mol. The maximum absolute atomic E-state index is 10.0. The van der Waals surface area contributed by atoms with Crippen molar-refractivity contribution >= 4 is 34.2 Å². The fourth-order valence-corrected chi connectivity index (χ4v) is 2.84. The van der Waals surface area contributed by atoms with E-state index in [0.717, 1.165) is 16.6 Å². The molecule has 2 aromatic carbocycles. The molecule has 0 fully saturated rings. The van der Waals surface area contributed by atoms with E-state index in [0.29, 0.717) is 17.6 Å². The lowest BCUT2D eigenvalue weighted by Gasteiger charge is -2.12. The quantitative estimate of drug-likeness (QED) is 0.425. The molecule has 0 bridgehead atoms. The highest BCUT2D eigenvalue weighted by Crippen LogP contribution is 2.39. The Morgan fingerprint density at radius 2 is 1.59 bits per heavy atom. The SMILES string of the molecule is COc1cc(Nc2ncnc(Nc3cccc4ncccc34)n2)cc(OC)c1O. The zero-order chi connectivity index (χ0) is 20.2. The first-order valence-electron chi connectivity index (χ1n) is 8.70. The Hall–Kier alpha value is -4.14. The van der Waals surface area contributed by atoms with Crippen LogP contribution in [0.5, 0.6) is 17.2 Å². The maximum atomic E-state index is 10.0. The van der Waals surface area contributed by atoms with Crippen LogP contribution in [0, 0.1) is 0 Å². The van der Waals surface area contributed by atoms with Gasteiger partial charge in [0.05, 0.1) is 25.4 Å². The third-order valence-electron chi connectivity index (χ3n) is 4.20. The van der Waals surface area contributed by atoms with Gasteiger partial charge in [0.1, 0.15) is 6.33 Å². The van der Waals surface area contributed by atoms with Crippen LogP contribution in [0.2, 0.25) is 0 Å². The molecule has 0 spiro atoms. The fraction of sp³-hybridized carbons (Fsp3) is 0.100. The number of nitrogens with one attached hydrogen (secondary N) is 2. The Morgan fingerprint density at radius 1 is 0.862 bits per heavy atom. The van der Waals surface area contributed by atoms with Gasteiger partial charge in [-0.15, -0.1) is 0 Å². The highest BCUT2D eigenvalue weighted by atomic mass is 16.5. The molecule has 0 aliphatic carbocycles. The van der Waals surface area contributed by atoms with E-state index in [1.54, 1.807) is 18.3 Å². The predicted octanol–water partition coefficient (Wildman–Crippen LogP) is 3.63. The number of benzene rings is 2. The molecule has 0 aliphatic heterocycles. The molecule has 2 aromatic heterocycles. The average Bonchev–Trinajstić information content (AvgIpc) is 2.75. The number of nitrogens with zero attached hydrogens (tertiary/aromatic N) is 4. The Morgan fingerprint density at radius 3 is 2.31 bits per heavy atom. The van der Waals surface area contributed by atoms with Crippen molar-refractivity contribution in [2.24, 2.45) is 0 Å². The first-order valence-corrected chi connectivity index (χ1v) is 8.70. The molecular formula is C20H18N6O3. The number of fused-ring (bicyclic) bond motifs is 1. The lowest BCUT2D eigenvalue weighted by Crippen LogP contribution is -2.03. The summed E-state index contributed by atoms with van der Waals surface area (Å²) >= 11 is 0. The molecular weight excluding hydrogens is 372 g/mol. The summed E-state index contributed by atoms with van der Waals surface area (Å²) in [4.78, 5) is 17.1. The van der Waals surface area contributed by atoms with Gasteiger partial charge in [-0.1, -0.05) is 6.07 Å². The number of hydrogen-bond donors (Lipinski definition) is 3. The molecule has 4 aromatic rings. The van der Waals surface area contributed by atoms with E-state index in [1.165, 1.54) is 20.5 Å². The van der Waals surface area contributed by atoms with E-state index in [1.807, 2.05) is 30.3 Å². The van der Waals surface area contributed by atoms with E-state index < -0.39 is 0 Å². The van der Waals surface area contributed by atoms with Crippen molar-refractivity contribution in [1.82, 2.24) is 19.9 Å². The smallest absolute Gasteiger partial charge is 0.232 e. The standard InChI is InChI=1S/C20H18N6O3/c1-28-16-9-12(10-17(29-2)18(16)27)24-19-22-11-23-20(26-19)25-15-7-3-6-14-13(15)5-4-8-21-14/h3-11,27H,1-2H3,(H2,22,23,24,25,26). The molecule has 9 nitrogen and oxygen atoms in total. The summed E-state index contributed by atoms with van der Waals surface area (Å²) in [6.07, 6.45) is 3.15. The van der Waals surface area contributed by atoms with Gasteiger partial charge in [0.25, 0.3) is 0 Å². The first kappa shape index (κ1) is 18.2. The third-order valence-corrected chi connectivity index (χ3v) is 4.20. The number of methoxy groups -OCH3 is 2. The summed E-state index contributed by atoms with van der Waals surface area (Å²) in [5.41, 5.74) is 2.29. The summed E-state index contributed by atoms with van der Waals surface area (Å²) < 4.78 is 10.3. The molecule has 0 atom stereocenters. The summed E-state index contributed by atoms with van der Waals surface area (Å²) in [7, 11) is 2.92. The number of rotatable bonds is 6. The van der Waals surface area contributed by atoms with Crippen molar-refractivity contribution < 1.29 is 14.6 Å². The number of ether oxygens (including phenoxy) is 2. The van der Waals surface area contributed by atoms with E-state index in [2.05, 4.69) is 30.6 Å². The molecule has 0 unspecified atom stereocenters. The fourth-order valence-electron chi connectivity index (χ4n) is 2.84. The van der Waals surface area contributed by atoms with Gasteiger partial charge < -0.3 is 25.2 Å². The number of aromatic hydroxyl groups is 1. The van der Waals surface area contributed by atoms with Gasteiger partial charge in [-0.3, -0.25) is 4.98 Å². The molecule has 3 N–H and O–H groups in total. The van der Waals surface area contributed by atoms with Crippen molar-refractivity contribution in [2.75, 3.05) is 24.9 Å². The second-order valence-electron chi connectivity index (χ2n) is 5.99. The van der Waals surface area contributed by atoms with Crippen LogP contribution >= 0.6 is 0 Å². The second-order valence-corrected chi connectivity index (χ2v) is 5.99. The highest BCUT2D eigenvalue weighted by Gasteiger charge is 2.12. The Bertz CT molecular complexity index is 1140. The first-order chi connectivity index (χ1) is 14.2. The van der Waals surface area contributed by atoms with Crippen molar-refractivity contribution in [1.29, 1.82) is 0 Å². The lowest BCUT2D eigenvalue weighted by molar-refractivity contribution is 0.340. The zero-order valence-corrected chi connectivity index (χ0v) is 15.7. The van der Waals surface area contributed by atoms with E-state index in [9.17, 15) is 5.11 Å². The Labute approximate surface area is 166 Å². The summed E-state index contributed by atoms with van der Waals surface area (Å²) in [6.45, 7) is 0. The van der Waals surface area contributed by atoms with Crippen LogP contribution in [0.15, 0.2) is 55.0 Å². The number of pyridine rings is 1. The van der Waals surface area contributed by atoms with Crippen LogP contribution in [0.3, 0.4) is 0 Å². The van der Waals surface area contributed by atoms with Gasteiger partial charge in [-0.25, -0.2) is 9.97 Å². The highest BCUT2D eigenvalue weighted by molar-refractivity contribution is 5.92. The minimum Gasteiger partial charge on any atom is -0.502 e. The van der Waals surface area contributed by atoms with E-state index in [4.69, 9.17) is 9.47 Å². The lowest BCUT2D eigenvalue weighted by atomic mass is 10.2. The van der Waals surface area contributed by atoms with Gasteiger partial charge >= 0.3 is 0 Å². The van der Waals surface area contributed by atoms with Crippen molar-refractivity contribution in [3.8, 4) is 17.2 Å². The topological polar surface area (TPSA) is 114 Å². The summed E-state index contributed by atoms with van der Waals surface area (Å²) in [5, 5.41) is 17.3. The van der Waals surface area contributed by atoms with Crippen LogP contribution < -0.4 is 20.1 Å². The van der Waals surface area contributed by atoms with Crippen LogP contribution in [0.25, 0.3) is 10.9 Å². The van der Waals surface area contributed by atoms with Crippen LogP contribution in [0.1, 0.15) is 0 Å². The summed E-state index contributed by atoms with van der Waals surface area (Å²) in [6, 6.07) is 12.9. The van der Waals surface area contributed by atoms with Crippen LogP contribution in [-0.2, 0) is 0 Å². The maximum Gasteiger partial charge on any atom is 0.232 e. The molecule has 0 saturated carbocycles. The minimum absolute atomic E-state index is 0.0804. The minimum atomic E-state index is -0.0804. The van der Waals surface area contributed by atoms with Gasteiger partial charge in [-0.05, 0) is 24.3 Å². The van der Waals surface area contributed by atoms with Crippen LogP contribution in [-0.4, -0.2) is 39.3 Å². The summed E-state index contributed by atoms with van der Waals surface area (Å²) in [5.74, 6) is 1.14. The molecule has 0 amide bonds. The Balaban J connectivity index is 1.61. The van der Waals surface area contributed by atoms with Crippen molar-refractivity contribution in [3.63, 3.8) is 0 Å². The molecule has 146 valence electrons. The number of phenols is 1. The molecule has 0 radical (unpaired) electrons. The van der Waals surface area contributed by atoms with Gasteiger partial charge in [0, 0.05) is 29.4 Å². The number of phenolic OH excluding ortho intramolecular Hbond substituents is 1. The molecule has 4 rings (SSSR count). The van der Waals surface area contributed by atoms with Crippen molar-refractivity contribution in [2.45, 2.75) is 0 Å². The number of hydrogen-bond acceptors (Lipinski definition) is 9. The number of aromatic nitrogens is 4. The van der Waals surface area contributed by atoms with Crippen LogP contribution in [0.4, 0.5) is 23.3 Å². The van der Waals surface area contributed by atoms with E-state index in [-0.39, 0.29) is 17.2 Å². The van der Waals surface area contributed by atoms with Gasteiger partial charge in [-0.2, -0.15) is 4.98 Å². The number of anilines is 4. The second kappa shape index (κ2) is 7.85. The Kier molecular flexibility index (Phi) is 4.93. The normalized spacial score (nSPS) is 10.6. The molecule has 29 heavy (non-hydrogen) atoms. The van der Waals surface area contributed by atoms with Crippen molar-refractivity contribution in [3.05, 3.63) is 55.0 Å². The molecule has 0 aliphatic rings. The largest absolute Gasteiger partial charge is 0.502 e. The zero-order valence-electron chi connectivity index (χ0n) is 15.7. The van der Waals surface area contributed by atoms with Gasteiger partial charge in [0.15, 0.2) is 11.5 Å². The molecule has 0 saturated heterocycles. The van der Waals surface area contributed by atoms with Gasteiger partial charge in [0.2, 0.25) is 17.6 Å². The third kappa shape index (κ3) is 3.79.